The van der Waals surface area contributed by atoms with Crippen molar-refractivity contribution in [2.24, 2.45) is 11.8 Å². The van der Waals surface area contributed by atoms with Gasteiger partial charge in [-0.25, -0.2) is 0 Å². The van der Waals surface area contributed by atoms with Crippen LogP contribution in [0.1, 0.15) is 12.8 Å². The molecule has 0 aliphatic heterocycles. The van der Waals surface area contributed by atoms with E-state index in [1.165, 1.54) is 5.57 Å². The van der Waals surface area contributed by atoms with E-state index in [-0.39, 0.29) is 12.0 Å². The van der Waals surface area contributed by atoms with Crippen molar-refractivity contribution in [1.82, 2.24) is 4.90 Å². The van der Waals surface area contributed by atoms with Crippen molar-refractivity contribution in [3.63, 3.8) is 0 Å². The van der Waals surface area contributed by atoms with Crippen LogP contribution < -0.4 is 0 Å². The largest absolute Gasteiger partial charge is 0.392 e. The first kappa shape index (κ1) is 11.6. The molecular formula is C14H21NO. The third kappa shape index (κ3) is 2.45. The summed E-state index contributed by atoms with van der Waals surface area (Å²) < 4.78 is 0. The molecule has 0 heterocycles. The van der Waals surface area contributed by atoms with E-state index >= 15 is 0 Å². The standard InChI is InChI=1S/C14H21NO/c1-15(2)10-12-8-5-7-11-6-3-4-9-13(11)14(12)16/h3-4,6-7,9,12-14,16H,5,8,10H2,1-2H3/t12-,13+,14?/m1/s1. The summed E-state index contributed by atoms with van der Waals surface area (Å²) in [5.74, 6) is 0.586. The minimum absolute atomic E-state index is 0.206. The van der Waals surface area contributed by atoms with Gasteiger partial charge in [0.15, 0.2) is 0 Å². The van der Waals surface area contributed by atoms with Gasteiger partial charge in [0, 0.05) is 12.5 Å². The van der Waals surface area contributed by atoms with Gasteiger partial charge >= 0.3 is 0 Å². The van der Waals surface area contributed by atoms with Crippen molar-refractivity contribution in [1.29, 1.82) is 0 Å². The van der Waals surface area contributed by atoms with E-state index in [2.05, 4.69) is 43.3 Å². The monoisotopic (exact) mass is 219 g/mol. The molecule has 0 bridgehead atoms. The molecule has 2 nitrogen and oxygen atoms in total. The van der Waals surface area contributed by atoms with Crippen LogP contribution in [0, 0.1) is 11.8 Å². The van der Waals surface area contributed by atoms with E-state index in [9.17, 15) is 5.11 Å². The average molecular weight is 219 g/mol. The van der Waals surface area contributed by atoms with Crippen LogP contribution in [0.15, 0.2) is 36.0 Å². The van der Waals surface area contributed by atoms with E-state index in [1.807, 2.05) is 6.08 Å². The summed E-state index contributed by atoms with van der Waals surface area (Å²) in [5.41, 5.74) is 1.29. The summed E-state index contributed by atoms with van der Waals surface area (Å²) in [5, 5.41) is 10.4. The van der Waals surface area contributed by atoms with Crippen molar-refractivity contribution in [2.45, 2.75) is 18.9 Å². The SMILES string of the molecule is CN(C)C[C@H]1CCC=C2C=CC=C[C@@H]2C1O. The minimum Gasteiger partial charge on any atom is -0.392 e. The molecule has 0 saturated carbocycles. The van der Waals surface area contributed by atoms with Gasteiger partial charge in [-0.15, -0.1) is 0 Å². The highest BCUT2D eigenvalue weighted by atomic mass is 16.3. The Morgan fingerprint density at radius 3 is 2.94 bits per heavy atom. The molecule has 0 amide bonds. The number of nitrogens with zero attached hydrogens (tertiary/aromatic N) is 1. The van der Waals surface area contributed by atoms with Gasteiger partial charge in [0.1, 0.15) is 0 Å². The fraction of sp³-hybridized carbons (Fsp3) is 0.571. The molecule has 0 aromatic heterocycles. The van der Waals surface area contributed by atoms with Crippen molar-refractivity contribution >= 4 is 0 Å². The Morgan fingerprint density at radius 2 is 2.19 bits per heavy atom. The van der Waals surface area contributed by atoms with Gasteiger partial charge in [0.25, 0.3) is 0 Å². The van der Waals surface area contributed by atoms with E-state index in [0.29, 0.717) is 5.92 Å². The number of aliphatic hydroxyl groups is 1. The number of hydrogen-bond donors (Lipinski definition) is 1. The van der Waals surface area contributed by atoms with Crippen LogP contribution in [-0.4, -0.2) is 36.8 Å². The summed E-state index contributed by atoms with van der Waals surface area (Å²) in [6.45, 7) is 0.969. The second-order valence-electron chi connectivity index (χ2n) is 5.06. The first-order valence-corrected chi connectivity index (χ1v) is 6.06. The Labute approximate surface area is 98.0 Å². The zero-order chi connectivity index (χ0) is 11.5. The number of allylic oxidation sites excluding steroid dienone is 4. The molecule has 3 atom stereocenters. The average Bonchev–Trinajstić information content (AvgIpc) is 2.40. The number of hydrogen-bond acceptors (Lipinski definition) is 2. The lowest BCUT2D eigenvalue weighted by Crippen LogP contribution is -2.35. The summed E-state index contributed by atoms with van der Waals surface area (Å²) in [6, 6.07) is 0. The number of fused-ring (bicyclic) bond motifs is 1. The van der Waals surface area contributed by atoms with E-state index in [0.717, 1.165) is 19.4 Å². The molecule has 2 aliphatic carbocycles. The molecule has 0 aromatic rings. The van der Waals surface area contributed by atoms with Crippen LogP contribution in [0.5, 0.6) is 0 Å². The molecule has 0 aromatic carbocycles. The predicted octanol–water partition coefficient (Wildman–Crippen LogP) is 1.99. The molecular weight excluding hydrogens is 198 g/mol. The topological polar surface area (TPSA) is 23.5 Å². The van der Waals surface area contributed by atoms with Gasteiger partial charge in [-0.05, 0) is 38.4 Å². The van der Waals surface area contributed by atoms with Crippen LogP contribution >= 0.6 is 0 Å². The fourth-order valence-corrected chi connectivity index (χ4v) is 2.68. The molecule has 0 fully saturated rings. The second kappa shape index (κ2) is 4.98. The third-order valence-electron chi connectivity index (χ3n) is 3.47. The first-order chi connectivity index (χ1) is 7.68. The Bertz CT molecular complexity index is 328. The highest BCUT2D eigenvalue weighted by molar-refractivity contribution is 5.35. The van der Waals surface area contributed by atoms with E-state index < -0.39 is 0 Å². The molecule has 0 spiro atoms. The van der Waals surface area contributed by atoms with Gasteiger partial charge in [0.05, 0.1) is 6.10 Å². The van der Waals surface area contributed by atoms with Crippen molar-refractivity contribution in [3.05, 3.63) is 36.0 Å². The maximum atomic E-state index is 10.4. The van der Waals surface area contributed by atoms with Crippen molar-refractivity contribution in [2.75, 3.05) is 20.6 Å². The van der Waals surface area contributed by atoms with Crippen LogP contribution in [0.3, 0.4) is 0 Å². The van der Waals surface area contributed by atoms with Crippen molar-refractivity contribution < 1.29 is 5.11 Å². The molecule has 0 radical (unpaired) electrons. The Hall–Kier alpha value is -0.860. The molecule has 1 unspecified atom stereocenters. The molecule has 0 saturated heterocycles. The van der Waals surface area contributed by atoms with Gasteiger partial charge < -0.3 is 10.0 Å². The number of aliphatic hydroxyl groups excluding tert-OH is 1. The summed E-state index contributed by atoms with van der Waals surface area (Å²) in [7, 11) is 4.14. The second-order valence-corrected chi connectivity index (χ2v) is 5.06. The zero-order valence-corrected chi connectivity index (χ0v) is 10.1. The maximum absolute atomic E-state index is 10.4. The minimum atomic E-state index is -0.239. The van der Waals surface area contributed by atoms with Gasteiger partial charge in [-0.2, -0.15) is 0 Å². The third-order valence-corrected chi connectivity index (χ3v) is 3.47. The molecule has 2 aliphatic rings. The van der Waals surface area contributed by atoms with Crippen LogP contribution in [0.25, 0.3) is 0 Å². The molecule has 2 rings (SSSR count). The quantitative estimate of drug-likeness (QED) is 0.767. The molecule has 88 valence electrons. The maximum Gasteiger partial charge on any atom is 0.0683 e. The van der Waals surface area contributed by atoms with Gasteiger partial charge in [0.2, 0.25) is 0 Å². The lowest BCUT2D eigenvalue weighted by molar-refractivity contribution is 0.0661. The lowest BCUT2D eigenvalue weighted by Gasteiger charge is -2.29. The summed E-state index contributed by atoms with van der Waals surface area (Å²) in [4.78, 5) is 2.17. The number of rotatable bonds is 2. The molecule has 1 N–H and O–H groups in total. The van der Waals surface area contributed by atoms with E-state index in [4.69, 9.17) is 0 Å². The Balaban J connectivity index is 2.13. The highest BCUT2D eigenvalue weighted by Crippen LogP contribution is 2.32. The van der Waals surface area contributed by atoms with E-state index in [1.54, 1.807) is 0 Å². The van der Waals surface area contributed by atoms with Crippen LogP contribution in [0.4, 0.5) is 0 Å². The first-order valence-electron chi connectivity index (χ1n) is 6.06. The lowest BCUT2D eigenvalue weighted by atomic mass is 9.84. The van der Waals surface area contributed by atoms with Crippen LogP contribution in [-0.2, 0) is 0 Å². The summed E-state index contributed by atoms with van der Waals surface area (Å²) >= 11 is 0. The van der Waals surface area contributed by atoms with Crippen molar-refractivity contribution in [3.8, 4) is 0 Å². The fourth-order valence-electron chi connectivity index (χ4n) is 2.68. The summed E-state index contributed by atoms with van der Waals surface area (Å²) in [6.07, 6.45) is 12.6. The highest BCUT2D eigenvalue weighted by Gasteiger charge is 2.30. The van der Waals surface area contributed by atoms with Gasteiger partial charge in [-0.3, -0.25) is 0 Å². The zero-order valence-electron chi connectivity index (χ0n) is 10.1. The Kier molecular flexibility index (Phi) is 3.62. The Morgan fingerprint density at radius 1 is 1.38 bits per heavy atom. The predicted molar refractivity (Wildman–Crippen MR) is 67.1 cm³/mol. The molecule has 2 heteroatoms. The molecule has 16 heavy (non-hydrogen) atoms. The van der Waals surface area contributed by atoms with Crippen LogP contribution in [0.2, 0.25) is 0 Å². The van der Waals surface area contributed by atoms with Gasteiger partial charge in [-0.1, -0.05) is 30.4 Å². The smallest absolute Gasteiger partial charge is 0.0683 e. The normalized spacial score (nSPS) is 33.5.